The van der Waals surface area contributed by atoms with E-state index in [1.807, 2.05) is 6.92 Å². The van der Waals surface area contributed by atoms with E-state index in [0.29, 0.717) is 0 Å². The topological polar surface area (TPSA) is 26.3 Å². The fourth-order valence-corrected chi connectivity index (χ4v) is 1.26. The fraction of sp³-hybridized carbons (Fsp3) is 0.833. The van der Waals surface area contributed by atoms with Crippen LogP contribution < -0.4 is 0 Å². The van der Waals surface area contributed by atoms with E-state index in [1.165, 1.54) is 6.92 Å². The lowest BCUT2D eigenvalue weighted by Gasteiger charge is -2.10. The molecule has 0 aromatic carbocycles. The molecule has 0 rings (SSSR count). The zero-order valence-corrected chi connectivity index (χ0v) is 7.84. The Hall–Kier alpha value is 0.200. The van der Waals surface area contributed by atoms with E-state index in [4.69, 9.17) is 4.74 Å². The molecule has 0 spiro atoms. The van der Waals surface area contributed by atoms with Crippen molar-refractivity contribution in [2.75, 3.05) is 4.43 Å². The largest absolute Gasteiger partial charge is 0.462 e. The van der Waals surface area contributed by atoms with E-state index in [9.17, 15) is 4.79 Å². The van der Waals surface area contributed by atoms with Crippen LogP contribution in [-0.2, 0) is 9.53 Å². The highest BCUT2D eigenvalue weighted by Gasteiger charge is 2.05. The number of carbonyl (C=O) groups excluding carboxylic acids is 1. The lowest BCUT2D eigenvalue weighted by atomic mass is 10.3. The van der Waals surface area contributed by atoms with Gasteiger partial charge in [-0.2, -0.15) is 0 Å². The van der Waals surface area contributed by atoms with Crippen LogP contribution in [-0.4, -0.2) is 16.5 Å². The Morgan fingerprint density at radius 2 is 2.33 bits per heavy atom. The van der Waals surface area contributed by atoms with Crippen LogP contribution in [0.4, 0.5) is 0 Å². The van der Waals surface area contributed by atoms with Gasteiger partial charge in [-0.1, -0.05) is 29.5 Å². The third-order valence-electron chi connectivity index (χ3n) is 0.960. The number of alkyl halides is 1. The average Bonchev–Trinajstić information content (AvgIpc) is 1.82. The summed E-state index contributed by atoms with van der Waals surface area (Å²) in [6.45, 7) is 3.45. The third-order valence-corrected chi connectivity index (χ3v) is 1.94. The summed E-state index contributed by atoms with van der Waals surface area (Å²) in [6.07, 6.45) is 1.02. The molecule has 9 heavy (non-hydrogen) atoms. The first-order valence-corrected chi connectivity index (χ1v) is 4.46. The van der Waals surface area contributed by atoms with Crippen molar-refractivity contribution in [1.82, 2.24) is 0 Å². The Kier molecular flexibility index (Phi) is 5.13. The van der Waals surface area contributed by atoms with Crippen LogP contribution in [0.1, 0.15) is 20.3 Å². The summed E-state index contributed by atoms with van der Waals surface area (Å²) in [5.41, 5.74) is 0. The number of carbonyl (C=O) groups is 1. The zero-order chi connectivity index (χ0) is 7.28. The van der Waals surface area contributed by atoms with Gasteiger partial charge in [0.15, 0.2) is 0 Å². The maximum Gasteiger partial charge on any atom is 0.302 e. The van der Waals surface area contributed by atoms with Gasteiger partial charge < -0.3 is 4.74 Å². The Labute approximate surface area is 69.1 Å². The van der Waals surface area contributed by atoms with Crippen LogP contribution in [0, 0.1) is 0 Å². The summed E-state index contributed by atoms with van der Waals surface area (Å²) >= 11 is 2.21. The highest BCUT2D eigenvalue weighted by molar-refractivity contribution is 14.1. The van der Waals surface area contributed by atoms with Gasteiger partial charge in [-0.3, -0.25) is 4.79 Å². The first-order chi connectivity index (χ1) is 4.20. The molecule has 0 saturated heterocycles. The maximum atomic E-state index is 10.3. The van der Waals surface area contributed by atoms with Crippen molar-refractivity contribution in [2.45, 2.75) is 26.4 Å². The van der Waals surface area contributed by atoms with Crippen molar-refractivity contribution < 1.29 is 9.53 Å². The first-order valence-electron chi connectivity index (χ1n) is 2.93. The van der Waals surface area contributed by atoms with Crippen molar-refractivity contribution >= 4 is 28.6 Å². The van der Waals surface area contributed by atoms with Crippen LogP contribution in [0.15, 0.2) is 0 Å². The van der Waals surface area contributed by atoms with Crippen molar-refractivity contribution in [3.05, 3.63) is 0 Å². The maximum absolute atomic E-state index is 10.3. The molecule has 0 aliphatic heterocycles. The summed E-state index contributed by atoms with van der Waals surface area (Å²) in [4.78, 5) is 10.3. The van der Waals surface area contributed by atoms with Gasteiger partial charge in [0, 0.05) is 11.4 Å². The molecule has 0 heterocycles. The molecular weight excluding hydrogens is 231 g/mol. The molecule has 0 saturated carbocycles. The number of rotatable bonds is 3. The molecule has 54 valence electrons. The predicted molar refractivity (Wildman–Crippen MR) is 44.7 cm³/mol. The first kappa shape index (κ1) is 9.20. The zero-order valence-electron chi connectivity index (χ0n) is 5.69. The highest BCUT2D eigenvalue weighted by atomic mass is 127. The van der Waals surface area contributed by atoms with Gasteiger partial charge >= 0.3 is 5.97 Å². The molecule has 0 aromatic heterocycles. The minimum atomic E-state index is -0.182. The van der Waals surface area contributed by atoms with Crippen molar-refractivity contribution in [2.24, 2.45) is 0 Å². The summed E-state index contributed by atoms with van der Waals surface area (Å²) in [7, 11) is 0. The van der Waals surface area contributed by atoms with Gasteiger partial charge in [-0.05, 0) is 6.42 Å². The molecule has 0 aliphatic carbocycles. The van der Waals surface area contributed by atoms with Gasteiger partial charge in [-0.25, -0.2) is 0 Å². The van der Waals surface area contributed by atoms with E-state index in [2.05, 4.69) is 22.6 Å². The van der Waals surface area contributed by atoms with E-state index < -0.39 is 0 Å². The van der Waals surface area contributed by atoms with Gasteiger partial charge in [0.1, 0.15) is 6.10 Å². The normalized spacial score (nSPS) is 12.8. The standard InChI is InChI=1S/C6H11IO2/c1-3-6(4-7)9-5(2)8/h6H,3-4H2,1-2H3/t6-/m1/s1. The molecule has 3 heteroatoms. The minimum absolute atomic E-state index is 0.114. The Morgan fingerprint density at radius 1 is 1.78 bits per heavy atom. The van der Waals surface area contributed by atoms with Crippen LogP contribution >= 0.6 is 22.6 Å². The summed E-state index contributed by atoms with van der Waals surface area (Å²) in [5.74, 6) is -0.182. The van der Waals surface area contributed by atoms with Crippen molar-refractivity contribution in [3.8, 4) is 0 Å². The SMILES string of the molecule is CC[C@H](CI)OC(C)=O. The summed E-state index contributed by atoms with van der Waals surface area (Å²) < 4.78 is 5.78. The molecule has 2 nitrogen and oxygen atoms in total. The van der Waals surface area contributed by atoms with Crippen LogP contribution in [0.2, 0.25) is 0 Å². The molecule has 1 atom stereocenters. The van der Waals surface area contributed by atoms with Crippen LogP contribution in [0.3, 0.4) is 0 Å². The lowest BCUT2D eigenvalue weighted by molar-refractivity contribution is -0.145. The Morgan fingerprint density at radius 3 is 2.44 bits per heavy atom. The lowest BCUT2D eigenvalue weighted by Crippen LogP contribution is -2.16. The second-order valence-corrected chi connectivity index (χ2v) is 2.67. The van der Waals surface area contributed by atoms with Crippen molar-refractivity contribution in [1.29, 1.82) is 0 Å². The van der Waals surface area contributed by atoms with E-state index in [1.54, 1.807) is 0 Å². The molecule has 0 radical (unpaired) electrons. The fourth-order valence-electron chi connectivity index (χ4n) is 0.459. The summed E-state index contributed by atoms with van der Waals surface area (Å²) in [6, 6.07) is 0. The molecule has 0 unspecified atom stereocenters. The predicted octanol–water partition coefficient (Wildman–Crippen LogP) is 1.76. The molecule has 0 fully saturated rings. The number of hydrogen-bond acceptors (Lipinski definition) is 2. The monoisotopic (exact) mass is 242 g/mol. The average molecular weight is 242 g/mol. The van der Waals surface area contributed by atoms with Gasteiger partial charge in [0.2, 0.25) is 0 Å². The molecule has 0 bridgehead atoms. The Bertz CT molecular complexity index is 89.1. The molecule has 0 amide bonds. The van der Waals surface area contributed by atoms with E-state index in [-0.39, 0.29) is 12.1 Å². The van der Waals surface area contributed by atoms with Crippen LogP contribution in [0.25, 0.3) is 0 Å². The third kappa shape index (κ3) is 4.69. The number of halogens is 1. The molecule has 0 aromatic rings. The molecular formula is C6H11IO2. The summed E-state index contributed by atoms with van der Waals surface area (Å²) in [5, 5.41) is 0. The van der Waals surface area contributed by atoms with Gasteiger partial charge in [0.25, 0.3) is 0 Å². The van der Waals surface area contributed by atoms with E-state index in [0.717, 1.165) is 10.8 Å². The highest BCUT2D eigenvalue weighted by Crippen LogP contribution is 2.01. The Balaban J connectivity index is 3.43. The quantitative estimate of drug-likeness (QED) is 0.428. The second kappa shape index (κ2) is 5.02. The number of esters is 1. The second-order valence-electron chi connectivity index (χ2n) is 1.79. The van der Waals surface area contributed by atoms with Crippen molar-refractivity contribution in [3.63, 3.8) is 0 Å². The molecule has 0 N–H and O–H groups in total. The smallest absolute Gasteiger partial charge is 0.302 e. The molecule has 0 aliphatic rings. The number of ether oxygens (including phenoxy) is 1. The van der Waals surface area contributed by atoms with E-state index >= 15 is 0 Å². The van der Waals surface area contributed by atoms with Gasteiger partial charge in [-0.15, -0.1) is 0 Å². The minimum Gasteiger partial charge on any atom is -0.462 e. The number of hydrogen-bond donors (Lipinski definition) is 0. The van der Waals surface area contributed by atoms with Crippen LogP contribution in [0.5, 0.6) is 0 Å². The van der Waals surface area contributed by atoms with Gasteiger partial charge in [0.05, 0.1) is 0 Å².